The summed E-state index contributed by atoms with van der Waals surface area (Å²) >= 11 is 0. The average molecular weight is 193 g/mol. The van der Waals surface area contributed by atoms with Crippen LogP contribution in [0.5, 0.6) is 0 Å². The van der Waals surface area contributed by atoms with Gasteiger partial charge < -0.3 is 5.73 Å². The first-order valence-electron chi connectivity index (χ1n) is 5.61. The fourth-order valence-corrected chi connectivity index (χ4v) is 2.47. The van der Waals surface area contributed by atoms with Crippen molar-refractivity contribution in [3.8, 4) is 6.07 Å². The summed E-state index contributed by atoms with van der Waals surface area (Å²) in [6, 6.07) is 2.04. The van der Waals surface area contributed by atoms with E-state index in [1.165, 1.54) is 25.8 Å². The zero-order chi connectivity index (χ0) is 10.1. The first kappa shape index (κ1) is 9.95. The highest BCUT2D eigenvalue weighted by Crippen LogP contribution is 2.41. The quantitative estimate of drug-likeness (QED) is 0.726. The van der Waals surface area contributed by atoms with Crippen molar-refractivity contribution in [1.82, 2.24) is 4.90 Å². The number of nitrogens with two attached hydrogens (primary N) is 1. The van der Waals surface area contributed by atoms with Crippen LogP contribution in [0.1, 0.15) is 26.2 Å². The van der Waals surface area contributed by atoms with Gasteiger partial charge in [-0.15, -0.1) is 0 Å². The van der Waals surface area contributed by atoms with Crippen LogP contribution < -0.4 is 5.73 Å². The highest BCUT2D eigenvalue weighted by Gasteiger charge is 2.37. The number of hydrogen-bond donors (Lipinski definition) is 1. The summed E-state index contributed by atoms with van der Waals surface area (Å²) in [7, 11) is 0. The molecule has 0 spiro atoms. The van der Waals surface area contributed by atoms with Crippen LogP contribution in [-0.4, -0.2) is 30.1 Å². The minimum Gasteiger partial charge on any atom is -0.315 e. The molecule has 3 unspecified atom stereocenters. The summed E-state index contributed by atoms with van der Waals surface area (Å²) in [5, 5.41) is 8.75. The second-order valence-electron chi connectivity index (χ2n) is 4.78. The molecule has 2 rings (SSSR count). The smallest absolute Gasteiger partial charge is 0.108 e. The van der Waals surface area contributed by atoms with Crippen molar-refractivity contribution >= 4 is 0 Å². The molecule has 14 heavy (non-hydrogen) atoms. The first-order valence-corrected chi connectivity index (χ1v) is 5.61. The summed E-state index contributed by atoms with van der Waals surface area (Å²) in [4.78, 5) is 2.39. The zero-order valence-electron chi connectivity index (χ0n) is 8.82. The third kappa shape index (κ3) is 1.92. The highest BCUT2D eigenvalue weighted by atomic mass is 15.2. The topological polar surface area (TPSA) is 53.1 Å². The highest BCUT2D eigenvalue weighted by molar-refractivity contribution is 4.98. The summed E-state index contributed by atoms with van der Waals surface area (Å²) in [6.45, 7) is 4.38. The van der Waals surface area contributed by atoms with Crippen molar-refractivity contribution in [2.75, 3.05) is 13.1 Å². The molecule has 1 saturated carbocycles. The fraction of sp³-hybridized carbons (Fsp3) is 0.909. The van der Waals surface area contributed by atoms with E-state index in [1.54, 1.807) is 0 Å². The van der Waals surface area contributed by atoms with Crippen LogP contribution in [0, 0.1) is 23.2 Å². The van der Waals surface area contributed by atoms with Gasteiger partial charge in [-0.05, 0) is 44.6 Å². The van der Waals surface area contributed by atoms with Crippen LogP contribution in [0.3, 0.4) is 0 Å². The summed E-state index contributed by atoms with van der Waals surface area (Å²) in [5.74, 6) is 1.88. The standard InChI is InChI=1S/C11H19N3/c1-8(11(13)6-12)14-5-4-10(7-14)9-2-3-9/h8-11H,2-5,7,13H2,1H3. The van der Waals surface area contributed by atoms with Gasteiger partial charge in [0.25, 0.3) is 0 Å². The number of hydrogen-bond acceptors (Lipinski definition) is 3. The van der Waals surface area contributed by atoms with Crippen LogP contribution in [-0.2, 0) is 0 Å². The van der Waals surface area contributed by atoms with Gasteiger partial charge in [-0.1, -0.05) is 0 Å². The Morgan fingerprint density at radius 1 is 1.36 bits per heavy atom. The Kier molecular flexibility index (Phi) is 2.76. The van der Waals surface area contributed by atoms with Crippen LogP contribution in [0.2, 0.25) is 0 Å². The van der Waals surface area contributed by atoms with Gasteiger partial charge >= 0.3 is 0 Å². The Labute approximate surface area is 85.9 Å². The van der Waals surface area contributed by atoms with E-state index in [9.17, 15) is 0 Å². The molecule has 2 fully saturated rings. The lowest BCUT2D eigenvalue weighted by molar-refractivity contribution is 0.233. The van der Waals surface area contributed by atoms with Gasteiger partial charge in [0.15, 0.2) is 0 Å². The SMILES string of the molecule is CC(C(N)C#N)N1CCC(C2CC2)C1. The summed E-state index contributed by atoms with van der Waals surface area (Å²) in [6.07, 6.45) is 4.17. The minimum atomic E-state index is -0.326. The first-order chi connectivity index (χ1) is 6.72. The van der Waals surface area contributed by atoms with Gasteiger partial charge in [0, 0.05) is 12.6 Å². The average Bonchev–Trinajstić information content (AvgIpc) is 2.94. The molecule has 1 aliphatic heterocycles. The van der Waals surface area contributed by atoms with E-state index in [0.29, 0.717) is 0 Å². The van der Waals surface area contributed by atoms with Crippen LogP contribution >= 0.6 is 0 Å². The largest absolute Gasteiger partial charge is 0.315 e. The molecule has 0 amide bonds. The number of nitriles is 1. The molecule has 3 nitrogen and oxygen atoms in total. The van der Waals surface area contributed by atoms with E-state index < -0.39 is 0 Å². The Bertz CT molecular complexity index is 241. The molecule has 0 radical (unpaired) electrons. The predicted octanol–water partition coefficient (Wildman–Crippen LogP) is 0.958. The molecule has 0 aromatic heterocycles. The Balaban J connectivity index is 1.85. The van der Waals surface area contributed by atoms with Crippen molar-refractivity contribution in [3.05, 3.63) is 0 Å². The van der Waals surface area contributed by atoms with Gasteiger partial charge in [0.1, 0.15) is 6.04 Å². The van der Waals surface area contributed by atoms with Gasteiger partial charge in [0.05, 0.1) is 6.07 Å². The minimum absolute atomic E-state index is 0.226. The lowest BCUT2D eigenvalue weighted by atomic mass is 10.0. The lowest BCUT2D eigenvalue weighted by Crippen LogP contribution is -2.44. The molecule has 1 aliphatic carbocycles. The van der Waals surface area contributed by atoms with E-state index in [4.69, 9.17) is 11.0 Å². The molecule has 3 atom stereocenters. The monoisotopic (exact) mass is 193 g/mol. The van der Waals surface area contributed by atoms with Crippen LogP contribution in [0.15, 0.2) is 0 Å². The molecule has 1 heterocycles. The second kappa shape index (κ2) is 3.88. The van der Waals surface area contributed by atoms with E-state index in [-0.39, 0.29) is 12.1 Å². The third-order valence-corrected chi connectivity index (χ3v) is 3.79. The van der Waals surface area contributed by atoms with Gasteiger partial charge in [-0.3, -0.25) is 4.90 Å². The van der Waals surface area contributed by atoms with Crippen molar-refractivity contribution in [3.63, 3.8) is 0 Å². The van der Waals surface area contributed by atoms with Crippen molar-refractivity contribution in [1.29, 1.82) is 5.26 Å². The number of nitrogens with zero attached hydrogens (tertiary/aromatic N) is 2. The molecule has 2 aliphatic rings. The molecule has 3 heteroatoms. The maximum Gasteiger partial charge on any atom is 0.108 e. The van der Waals surface area contributed by atoms with E-state index in [2.05, 4.69) is 17.9 Å². The van der Waals surface area contributed by atoms with Crippen molar-refractivity contribution in [2.45, 2.75) is 38.3 Å². The van der Waals surface area contributed by atoms with Crippen molar-refractivity contribution < 1.29 is 0 Å². The Morgan fingerprint density at radius 2 is 2.07 bits per heavy atom. The molecule has 0 aromatic rings. The summed E-state index contributed by atoms with van der Waals surface area (Å²) in [5.41, 5.74) is 5.73. The molecule has 0 aromatic carbocycles. The number of rotatable bonds is 3. The van der Waals surface area contributed by atoms with Gasteiger partial charge in [0.2, 0.25) is 0 Å². The summed E-state index contributed by atoms with van der Waals surface area (Å²) < 4.78 is 0. The fourth-order valence-electron chi connectivity index (χ4n) is 2.47. The van der Waals surface area contributed by atoms with Gasteiger partial charge in [-0.2, -0.15) is 5.26 Å². The van der Waals surface area contributed by atoms with Gasteiger partial charge in [-0.25, -0.2) is 0 Å². The van der Waals surface area contributed by atoms with E-state index in [0.717, 1.165) is 18.4 Å². The Hall–Kier alpha value is -0.590. The number of likely N-dealkylation sites (tertiary alicyclic amines) is 1. The molecule has 78 valence electrons. The third-order valence-electron chi connectivity index (χ3n) is 3.79. The Morgan fingerprint density at radius 3 is 2.64 bits per heavy atom. The van der Waals surface area contributed by atoms with Crippen LogP contribution in [0.25, 0.3) is 0 Å². The second-order valence-corrected chi connectivity index (χ2v) is 4.78. The maximum atomic E-state index is 8.75. The van der Waals surface area contributed by atoms with E-state index in [1.807, 2.05) is 0 Å². The molecule has 1 saturated heterocycles. The molecule has 2 N–H and O–H groups in total. The normalized spacial score (nSPS) is 32.5. The lowest BCUT2D eigenvalue weighted by Gasteiger charge is -2.25. The predicted molar refractivity (Wildman–Crippen MR) is 55.5 cm³/mol. The zero-order valence-corrected chi connectivity index (χ0v) is 8.82. The van der Waals surface area contributed by atoms with Crippen molar-refractivity contribution in [2.24, 2.45) is 17.6 Å². The molecular weight excluding hydrogens is 174 g/mol. The maximum absolute atomic E-state index is 8.75. The molecule has 0 bridgehead atoms. The van der Waals surface area contributed by atoms with Crippen LogP contribution in [0.4, 0.5) is 0 Å². The van der Waals surface area contributed by atoms with E-state index >= 15 is 0 Å². The molecular formula is C11H19N3.